The number of ketones is 1. The van der Waals surface area contributed by atoms with Crippen molar-refractivity contribution in [1.82, 2.24) is 4.90 Å². The first-order valence-corrected chi connectivity index (χ1v) is 10.6. The smallest absolute Gasteiger partial charge is 0.410 e. The molecule has 2 rings (SSSR count). The van der Waals surface area contributed by atoms with E-state index in [1.54, 1.807) is 11.8 Å². The van der Waals surface area contributed by atoms with Crippen LogP contribution in [0.25, 0.3) is 0 Å². The normalized spacial score (nSPS) is 31.2. The second-order valence-corrected chi connectivity index (χ2v) is 9.31. The standard InChI is InChI=1S/C23H37NO4/c1-16(25)11-8-6-7-9-12-18-13-10-14-20-19(18)15-21(26)17(2)24(20)22(27)28-23(3,4)5/h6-7,9,12,17-21,26H,8,10-11,13-15H2,1-5H3/b7-6+,12-9+/t17-,18+,19-,20+,21-/m0/s1. The van der Waals surface area contributed by atoms with Crippen molar-refractivity contribution in [3.8, 4) is 0 Å². The molecule has 0 aromatic heterocycles. The van der Waals surface area contributed by atoms with Gasteiger partial charge in [-0.15, -0.1) is 0 Å². The third-order valence-electron chi connectivity index (χ3n) is 5.82. The zero-order valence-corrected chi connectivity index (χ0v) is 18.1. The highest BCUT2D eigenvalue weighted by Gasteiger charge is 2.47. The maximum atomic E-state index is 12.9. The summed E-state index contributed by atoms with van der Waals surface area (Å²) in [5, 5.41) is 10.6. The summed E-state index contributed by atoms with van der Waals surface area (Å²) in [4.78, 5) is 25.6. The van der Waals surface area contributed by atoms with Crippen LogP contribution in [0.5, 0.6) is 0 Å². The lowest BCUT2D eigenvalue weighted by atomic mass is 9.69. The van der Waals surface area contributed by atoms with Crippen molar-refractivity contribution in [2.24, 2.45) is 11.8 Å². The Morgan fingerprint density at radius 2 is 1.93 bits per heavy atom. The lowest BCUT2D eigenvalue weighted by molar-refractivity contribution is -0.116. The number of aliphatic hydroxyl groups is 1. The molecule has 0 bridgehead atoms. The van der Waals surface area contributed by atoms with Crippen LogP contribution in [0, 0.1) is 11.8 Å². The van der Waals surface area contributed by atoms with Crippen molar-refractivity contribution < 1.29 is 19.4 Å². The maximum absolute atomic E-state index is 12.9. The van der Waals surface area contributed by atoms with E-state index in [-0.39, 0.29) is 29.9 Å². The molecule has 1 N–H and O–H groups in total. The van der Waals surface area contributed by atoms with E-state index >= 15 is 0 Å². The number of rotatable bonds is 5. The first-order chi connectivity index (χ1) is 13.1. The molecule has 1 saturated heterocycles. The Balaban J connectivity index is 2.09. The average Bonchev–Trinajstić information content (AvgIpc) is 2.57. The number of fused-ring (bicyclic) bond motifs is 1. The van der Waals surface area contributed by atoms with Gasteiger partial charge in [0.2, 0.25) is 0 Å². The highest BCUT2D eigenvalue weighted by Crippen LogP contribution is 2.42. The van der Waals surface area contributed by atoms with Crippen molar-refractivity contribution in [2.75, 3.05) is 0 Å². The van der Waals surface area contributed by atoms with Crippen LogP contribution in [0.15, 0.2) is 24.3 Å². The molecule has 158 valence electrons. The molecule has 0 aromatic rings. The van der Waals surface area contributed by atoms with Crippen LogP contribution in [0.2, 0.25) is 0 Å². The number of hydrogen-bond donors (Lipinski definition) is 1. The molecule has 28 heavy (non-hydrogen) atoms. The molecule has 1 saturated carbocycles. The van der Waals surface area contributed by atoms with Gasteiger partial charge in [-0.1, -0.05) is 30.7 Å². The number of carbonyl (C=O) groups excluding carboxylic acids is 2. The Bertz CT molecular complexity index is 604. The Morgan fingerprint density at radius 1 is 1.21 bits per heavy atom. The van der Waals surface area contributed by atoms with Gasteiger partial charge in [-0.2, -0.15) is 0 Å². The number of likely N-dealkylation sites (tertiary alicyclic amines) is 1. The molecule has 1 aliphatic heterocycles. The SMILES string of the molecule is CC(=O)CC/C=C/C=C/[C@@H]1CCC[C@@H]2[C@H]1C[C@H](O)[C@H](C)N2C(=O)OC(C)(C)C. The van der Waals surface area contributed by atoms with Crippen LogP contribution in [-0.4, -0.2) is 45.7 Å². The number of aliphatic hydroxyl groups excluding tert-OH is 1. The summed E-state index contributed by atoms with van der Waals surface area (Å²) in [7, 11) is 0. The summed E-state index contributed by atoms with van der Waals surface area (Å²) in [6.07, 6.45) is 12.6. The van der Waals surface area contributed by atoms with Crippen molar-refractivity contribution in [1.29, 1.82) is 0 Å². The van der Waals surface area contributed by atoms with Gasteiger partial charge in [0.05, 0.1) is 12.1 Å². The topological polar surface area (TPSA) is 66.8 Å². The number of hydrogen-bond acceptors (Lipinski definition) is 4. The van der Waals surface area contributed by atoms with Crippen molar-refractivity contribution in [3.05, 3.63) is 24.3 Å². The van der Waals surface area contributed by atoms with Gasteiger partial charge in [-0.3, -0.25) is 4.90 Å². The molecule has 0 spiro atoms. The third kappa shape index (κ3) is 6.20. The maximum Gasteiger partial charge on any atom is 0.410 e. The molecule has 2 aliphatic rings. The lowest BCUT2D eigenvalue weighted by Gasteiger charge is -2.51. The number of nitrogens with zero attached hydrogens (tertiary/aromatic N) is 1. The third-order valence-corrected chi connectivity index (χ3v) is 5.82. The molecule has 5 atom stereocenters. The molecule has 0 aromatic carbocycles. The minimum Gasteiger partial charge on any atom is -0.444 e. The first kappa shape index (κ1) is 22.7. The fourth-order valence-electron chi connectivity index (χ4n) is 4.44. The first-order valence-electron chi connectivity index (χ1n) is 10.6. The summed E-state index contributed by atoms with van der Waals surface area (Å²) < 4.78 is 5.64. The Hall–Kier alpha value is -1.62. The molecule has 0 unspecified atom stereocenters. The molecule has 2 fully saturated rings. The Labute approximate surface area is 169 Å². The van der Waals surface area contributed by atoms with Gasteiger partial charge >= 0.3 is 6.09 Å². The van der Waals surface area contributed by atoms with E-state index in [1.807, 2.05) is 39.8 Å². The van der Waals surface area contributed by atoms with Crippen molar-refractivity contribution in [3.63, 3.8) is 0 Å². The number of carbonyl (C=O) groups is 2. The van der Waals surface area contributed by atoms with E-state index in [2.05, 4.69) is 12.2 Å². The van der Waals surface area contributed by atoms with Crippen LogP contribution < -0.4 is 0 Å². The summed E-state index contributed by atoms with van der Waals surface area (Å²) >= 11 is 0. The van der Waals surface area contributed by atoms with Crippen LogP contribution in [0.1, 0.15) is 73.1 Å². The van der Waals surface area contributed by atoms with Crippen LogP contribution >= 0.6 is 0 Å². The molecule has 5 nitrogen and oxygen atoms in total. The minimum absolute atomic E-state index is 0.110. The zero-order valence-electron chi connectivity index (χ0n) is 18.1. The van der Waals surface area contributed by atoms with Crippen molar-refractivity contribution in [2.45, 2.75) is 96.9 Å². The van der Waals surface area contributed by atoms with E-state index < -0.39 is 11.7 Å². The van der Waals surface area contributed by atoms with Crippen LogP contribution in [0.4, 0.5) is 4.79 Å². The lowest BCUT2D eigenvalue weighted by Crippen LogP contribution is -2.61. The van der Waals surface area contributed by atoms with Gasteiger partial charge in [0.25, 0.3) is 0 Å². The van der Waals surface area contributed by atoms with E-state index in [0.717, 1.165) is 25.7 Å². The van der Waals surface area contributed by atoms with Crippen molar-refractivity contribution >= 4 is 11.9 Å². The van der Waals surface area contributed by atoms with Crippen LogP contribution in [-0.2, 0) is 9.53 Å². The average molecular weight is 392 g/mol. The summed E-state index contributed by atoms with van der Waals surface area (Å²) in [6.45, 7) is 9.15. The second kappa shape index (κ2) is 9.73. The van der Waals surface area contributed by atoms with Crippen LogP contribution in [0.3, 0.4) is 0 Å². The quantitative estimate of drug-likeness (QED) is 0.693. The Kier molecular flexibility index (Phi) is 7.87. The molecular formula is C23H37NO4. The Morgan fingerprint density at radius 3 is 2.57 bits per heavy atom. The van der Waals surface area contributed by atoms with E-state index in [0.29, 0.717) is 18.8 Å². The fourth-order valence-corrected chi connectivity index (χ4v) is 4.44. The number of Topliss-reactive ketones (excluding diaryl/α,β-unsaturated/α-hetero) is 1. The van der Waals surface area contributed by atoms with Gasteiger partial charge in [0, 0.05) is 12.5 Å². The fraction of sp³-hybridized carbons (Fsp3) is 0.739. The molecule has 1 heterocycles. The monoisotopic (exact) mass is 391 g/mol. The van der Waals surface area contributed by atoms with E-state index in [4.69, 9.17) is 4.74 Å². The van der Waals surface area contributed by atoms with Gasteiger partial charge in [-0.05, 0) is 72.1 Å². The van der Waals surface area contributed by atoms with E-state index in [9.17, 15) is 14.7 Å². The zero-order chi connectivity index (χ0) is 20.9. The number of amides is 1. The second-order valence-electron chi connectivity index (χ2n) is 9.31. The molecular weight excluding hydrogens is 354 g/mol. The van der Waals surface area contributed by atoms with Gasteiger partial charge in [-0.25, -0.2) is 4.79 Å². The van der Waals surface area contributed by atoms with Gasteiger partial charge in [0.15, 0.2) is 0 Å². The number of ether oxygens (including phenoxy) is 1. The highest BCUT2D eigenvalue weighted by molar-refractivity contribution is 5.75. The molecule has 5 heteroatoms. The number of piperidine rings is 1. The summed E-state index contributed by atoms with van der Waals surface area (Å²) in [6, 6.07) is -0.122. The van der Waals surface area contributed by atoms with E-state index in [1.165, 1.54) is 0 Å². The predicted octanol–water partition coefficient (Wildman–Crippen LogP) is 4.64. The molecule has 1 amide bonds. The minimum atomic E-state index is -0.548. The molecule has 1 aliphatic carbocycles. The number of allylic oxidation sites excluding steroid dienone is 4. The predicted molar refractivity (Wildman–Crippen MR) is 111 cm³/mol. The molecule has 0 radical (unpaired) electrons. The summed E-state index contributed by atoms with van der Waals surface area (Å²) in [5.41, 5.74) is -0.548. The largest absolute Gasteiger partial charge is 0.444 e. The van der Waals surface area contributed by atoms with Gasteiger partial charge < -0.3 is 14.6 Å². The highest BCUT2D eigenvalue weighted by atomic mass is 16.6. The van der Waals surface area contributed by atoms with Gasteiger partial charge in [0.1, 0.15) is 11.4 Å². The summed E-state index contributed by atoms with van der Waals surface area (Å²) in [5.74, 6) is 0.786.